The van der Waals surface area contributed by atoms with E-state index in [1.807, 2.05) is 53.6 Å². The van der Waals surface area contributed by atoms with E-state index in [4.69, 9.17) is 4.74 Å². The largest absolute Gasteiger partial charge is 0.465 e. The summed E-state index contributed by atoms with van der Waals surface area (Å²) in [5.41, 5.74) is 1.95. The van der Waals surface area contributed by atoms with Gasteiger partial charge in [0.15, 0.2) is 11.0 Å². The van der Waals surface area contributed by atoms with Gasteiger partial charge >= 0.3 is 5.97 Å². The van der Waals surface area contributed by atoms with E-state index in [1.165, 1.54) is 11.8 Å². The first-order valence-corrected chi connectivity index (χ1v) is 11.8. The van der Waals surface area contributed by atoms with Crippen LogP contribution in [0, 0.1) is 6.92 Å². The number of nitrogens with zero attached hydrogens (tertiary/aromatic N) is 5. The SMILES string of the molecule is CCOC(=O)CNC(=O)CSc1nnc(-c2cc3c(C)nn(-c4ccccc4)c3s2)n1C. The van der Waals surface area contributed by atoms with Crippen LogP contribution in [0.15, 0.2) is 41.6 Å². The molecule has 1 aromatic carbocycles. The number of para-hydroxylation sites is 1. The van der Waals surface area contributed by atoms with Crippen LogP contribution in [0.5, 0.6) is 0 Å². The number of esters is 1. The molecule has 166 valence electrons. The molecule has 0 saturated heterocycles. The summed E-state index contributed by atoms with van der Waals surface area (Å²) in [6, 6.07) is 12.1. The number of carbonyl (C=O) groups is 2. The second kappa shape index (κ2) is 9.53. The summed E-state index contributed by atoms with van der Waals surface area (Å²) >= 11 is 2.86. The maximum atomic E-state index is 12.0. The molecule has 1 N–H and O–H groups in total. The van der Waals surface area contributed by atoms with Crippen LogP contribution in [-0.2, 0) is 21.4 Å². The number of thiophene rings is 1. The monoisotopic (exact) mass is 470 g/mol. The van der Waals surface area contributed by atoms with Crippen LogP contribution in [-0.4, -0.2) is 55.3 Å². The van der Waals surface area contributed by atoms with Gasteiger partial charge in [-0.05, 0) is 32.0 Å². The van der Waals surface area contributed by atoms with Crippen molar-refractivity contribution in [3.63, 3.8) is 0 Å². The molecule has 4 rings (SSSR count). The Balaban J connectivity index is 1.50. The molecule has 4 aromatic rings. The number of thioether (sulfide) groups is 1. The zero-order valence-corrected chi connectivity index (χ0v) is 19.5. The van der Waals surface area contributed by atoms with Crippen LogP contribution < -0.4 is 5.32 Å². The first-order valence-electron chi connectivity index (χ1n) is 9.97. The summed E-state index contributed by atoms with van der Waals surface area (Å²) in [7, 11) is 1.87. The molecule has 0 aliphatic rings. The molecule has 11 heteroatoms. The van der Waals surface area contributed by atoms with Gasteiger partial charge in [0.25, 0.3) is 0 Å². The molecule has 0 aliphatic heterocycles. The number of amides is 1. The van der Waals surface area contributed by atoms with Gasteiger partial charge in [0.05, 0.1) is 28.6 Å². The number of benzene rings is 1. The van der Waals surface area contributed by atoms with Gasteiger partial charge in [-0.3, -0.25) is 9.59 Å². The lowest BCUT2D eigenvalue weighted by molar-refractivity contribution is -0.143. The average molecular weight is 471 g/mol. The van der Waals surface area contributed by atoms with Crippen LogP contribution in [0.25, 0.3) is 26.6 Å². The van der Waals surface area contributed by atoms with Gasteiger partial charge in [0.2, 0.25) is 5.91 Å². The molecule has 0 radical (unpaired) electrons. The molecule has 0 bridgehead atoms. The van der Waals surface area contributed by atoms with Crippen LogP contribution >= 0.6 is 23.1 Å². The normalized spacial score (nSPS) is 11.1. The maximum Gasteiger partial charge on any atom is 0.325 e. The van der Waals surface area contributed by atoms with Crippen molar-refractivity contribution in [3.05, 3.63) is 42.1 Å². The minimum atomic E-state index is -0.457. The topological polar surface area (TPSA) is 104 Å². The van der Waals surface area contributed by atoms with Gasteiger partial charge in [-0.2, -0.15) is 5.10 Å². The van der Waals surface area contributed by atoms with Gasteiger partial charge in [0.1, 0.15) is 11.4 Å². The summed E-state index contributed by atoms with van der Waals surface area (Å²) in [6.07, 6.45) is 0. The second-order valence-corrected chi connectivity index (χ2v) is 8.87. The Hall–Kier alpha value is -3.18. The highest BCUT2D eigenvalue weighted by Gasteiger charge is 2.19. The fourth-order valence-corrected chi connectivity index (χ4v) is 5.07. The third kappa shape index (κ3) is 4.53. The standard InChI is InChI=1S/C21H22N6O3S2/c1-4-30-18(29)11-22-17(28)12-31-21-24-23-19(26(21)3)16-10-15-13(2)25-27(20(15)32-16)14-8-6-5-7-9-14/h5-10H,4,11-12H2,1-3H3,(H,22,28). The maximum absolute atomic E-state index is 12.0. The number of fused-ring (bicyclic) bond motifs is 1. The highest BCUT2D eigenvalue weighted by molar-refractivity contribution is 7.99. The number of rotatable bonds is 8. The summed E-state index contributed by atoms with van der Waals surface area (Å²) in [5, 5.41) is 17.5. The van der Waals surface area contributed by atoms with Gasteiger partial charge in [0, 0.05) is 12.4 Å². The Bertz CT molecular complexity index is 1260. The molecule has 0 aliphatic carbocycles. The molecule has 1 amide bonds. The van der Waals surface area contributed by atoms with Gasteiger partial charge in [-0.15, -0.1) is 21.5 Å². The quantitative estimate of drug-likeness (QED) is 0.312. The fraction of sp³-hybridized carbons (Fsp3) is 0.286. The molecule has 0 spiro atoms. The summed E-state index contributed by atoms with van der Waals surface area (Å²) in [4.78, 5) is 25.4. The van der Waals surface area contributed by atoms with Crippen molar-refractivity contribution in [2.24, 2.45) is 7.05 Å². The van der Waals surface area contributed by atoms with Crippen molar-refractivity contribution in [1.82, 2.24) is 29.9 Å². The lowest BCUT2D eigenvalue weighted by Crippen LogP contribution is -2.31. The predicted molar refractivity (Wildman–Crippen MR) is 124 cm³/mol. The van der Waals surface area contributed by atoms with Gasteiger partial charge < -0.3 is 14.6 Å². The number of hydrogen-bond acceptors (Lipinski definition) is 8. The van der Waals surface area contributed by atoms with E-state index in [0.717, 1.165) is 32.3 Å². The first-order chi connectivity index (χ1) is 15.5. The molecule has 3 heterocycles. The van der Waals surface area contributed by atoms with Gasteiger partial charge in [-0.25, -0.2) is 4.68 Å². The average Bonchev–Trinajstić information content (AvgIpc) is 3.46. The third-order valence-corrected chi connectivity index (χ3v) is 6.80. The van der Waals surface area contributed by atoms with Crippen LogP contribution in [0.4, 0.5) is 0 Å². The minimum absolute atomic E-state index is 0.125. The van der Waals surface area contributed by atoms with Gasteiger partial charge in [-0.1, -0.05) is 30.0 Å². The van der Waals surface area contributed by atoms with E-state index in [-0.39, 0.29) is 24.8 Å². The molecule has 0 atom stereocenters. The van der Waals surface area contributed by atoms with Crippen molar-refractivity contribution in [2.45, 2.75) is 19.0 Å². The number of carbonyl (C=O) groups excluding carboxylic acids is 2. The van der Waals surface area contributed by atoms with E-state index >= 15 is 0 Å². The van der Waals surface area contributed by atoms with Crippen molar-refractivity contribution < 1.29 is 14.3 Å². The zero-order chi connectivity index (χ0) is 22.7. The Morgan fingerprint density at radius 3 is 2.75 bits per heavy atom. The van der Waals surface area contributed by atoms with E-state index in [2.05, 4.69) is 26.7 Å². The molecule has 32 heavy (non-hydrogen) atoms. The number of nitrogens with one attached hydrogen (secondary N) is 1. The Morgan fingerprint density at radius 2 is 2.00 bits per heavy atom. The highest BCUT2D eigenvalue weighted by Crippen LogP contribution is 2.36. The van der Waals surface area contributed by atoms with Crippen molar-refractivity contribution >= 4 is 45.2 Å². The summed E-state index contributed by atoms with van der Waals surface area (Å²) in [6.45, 7) is 3.85. The number of ether oxygens (including phenoxy) is 1. The van der Waals surface area contributed by atoms with E-state index in [1.54, 1.807) is 18.3 Å². The Kier molecular flexibility index (Phi) is 6.56. The number of aryl methyl sites for hydroxylation is 1. The van der Waals surface area contributed by atoms with Crippen LogP contribution in [0.2, 0.25) is 0 Å². The Labute approximate surface area is 192 Å². The number of aromatic nitrogens is 5. The molecule has 0 unspecified atom stereocenters. The lowest BCUT2D eigenvalue weighted by atomic mass is 10.3. The predicted octanol–water partition coefficient (Wildman–Crippen LogP) is 2.96. The van der Waals surface area contributed by atoms with E-state index in [0.29, 0.717) is 5.16 Å². The van der Waals surface area contributed by atoms with Crippen LogP contribution in [0.1, 0.15) is 12.6 Å². The highest BCUT2D eigenvalue weighted by atomic mass is 32.2. The molecule has 0 saturated carbocycles. The molecule has 9 nitrogen and oxygen atoms in total. The van der Waals surface area contributed by atoms with Crippen molar-refractivity contribution in [1.29, 1.82) is 0 Å². The molecule has 0 fully saturated rings. The smallest absolute Gasteiger partial charge is 0.325 e. The molecular formula is C21H22N6O3S2. The Morgan fingerprint density at radius 1 is 1.22 bits per heavy atom. The summed E-state index contributed by atoms with van der Waals surface area (Å²) < 4.78 is 8.61. The first kappa shape index (κ1) is 22.0. The fourth-order valence-electron chi connectivity index (χ4n) is 3.12. The van der Waals surface area contributed by atoms with Crippen molar-refractivity contribution in [2.75, 3.05) is 18.9 Å². The zero-order valence-electron chi connectivity index (χ0n) is 17.9. The van der Waals surface area contributed by atoms with E-state index in [9.17, 15) is 9.59 Å². The number of hydrogen-bond donors (Lipinski definition) is 1. The lowest BCUT2D eigenvalue weighted by Gasteiger charge is -2.05. The second-order valence-electron chi connectivity index (χ2n) is 6.90. The minimum Gasteiger partial charge on any atom is -0.465 e. The third-order valence-electron chi connectivity index (χ3n) is 4.67. The van der Waals surface area contributed by atoms with Crippen molar-refractivity contribution in [3.8, 4) is 16.4 Å². The molecule has 3 aromatic heterocycles. The molecular weight excluding hydrogens is 448 g/mol. The van der Waals surface area contributed by atoms with E-state index < -0.39 is 5.97 Å². The van der Waals surface area contributed by atoms with Crippen LogP contribution in [0.3, 0.4) is 0 Å². The summed E-state index contributed by atoms with van der Waals surface area (Å²) in [5.74, 6) is 0.119.